The zero-order chi connectivity index (χ0) is 14.9. The van der Waals surface area contributed by atoms with Crippen LogP contribution in [0.3, 0.4) is 0 Å². The van der Waals surface area contributed by atoms with Crippen LogP contribution >= 0.6 is 15.9 Å². The van der Waals surface area contributed by atoms with Gasteiger partial charge < -0.3 is 15.8 Å². The summed E-state index contributed by atoms with van der Waals surface area (Å²) >= 11 is 2.84. The summed E-state index contributed by atoms with van der Waals surface area (Å²) in [6.07, 6.45) is -4.49. The van der Waals surface area contributed by atoms with Gasteiger partial charge in [0.05, 0.1) is 24.7 Å². The predicted molar refractivity (Wildman–Crippen MR) is 70.1 cm³/mol. The number of carbonyl (C=O) groups is 1. The van der Waals surface area contributed by atoms with Crippen molar-refractivity contribution in [1.29, 1.82) is 0 Å². The summed E-state index contributed by atoms with van der Waals surface area (Å²) in [6, 6.07) is 3.07. The topological polar surface area (TPSA) is 64.3 Å². The Labute approximate surface area is 121 Å². The highest BCUT2D eigenvalue weighted by molar-refractivity contribution is 9.10. The van der Waals surface area contributed by atoms with Crippen molar-refractivity contribution in [2.75, 3.05) is 18.5 Å². The van der Waals surface area contributed by atoms with E-state index in [1.54, 1.807) is 0 Å². The fourth-order valence-electron chi connectivity index (χ4n) is 1.90. The van der Waals surface area contributed by atoms with Crippen molar-refractivity contribution in [3.63, 3.8) is 0 Å². The average molecular weight is 353 g/mol. The summed E-state index contributed by atoms with van der Waals surface area (Å²) in [5.74, 6) is -0.988. The van der Waals surface area contributed by atoms with Crippen LogP contribution < -0.4 is 11.1 Å². The van der Waals surface area contributed by atoms with Gasteiger partial charge in [-0.15, -0.1) is 0 Å². The molecule has 4 nitrogen and oxygen atoms in total. The Bertz CT molecular complexity index is 522. The van der Waals surface area contributed by atoms with Gasteiger partial charge in [0.1, 0.15) is 0 Å². The van der Waals surface area contributed by atoms with Crippen molar-refractivity contribution in [2.45, 2.75) is 12.2 Å². The number of carbonyl (C=O) groups excluding carboxylic acids is 1. The molecule has 0 radical (unpaired) electrons. The molecule has 8 heteroatoms. The first-order valence-corrected chi connectivity index (χ1v) is 6.59. The summed E-state index contributed by atoms with van der Waals surface area (Å²) in [4.78, 5) is 11.9. The number of alkyl halides is 3. The first kappa shape index (κ1) is 15.3. The molecule has 1 amide bonds. The largest absolute Gasteiger partial charge is 0.417 e. The molecular formula is C12H12BrF3N2O2. The molecule has 110 valence electrons. The van der Waals surface area contributed by atoms with Gasteiger partial charge in [0, 0.05) is 16.2 Å². The van der Waals surface area contributed by atoms with Gasteiger partial charge >= 0.3 is 6.18 Å². The quantitative estimate of drug-likeness (QED) is 0.858. The molecule has 1 saturated heterocycles. The van der Waals surface area contributed by atoms with E-state index in [4.69, 9.17) is 10.5 Å². The third-order valence-corrected chi connectivity index (χ3v) is 3.69. The van der Waals surface area contributed by atoms with E-state index in [2.05, 4.69) is 21.2 Å². The first-order chi connectivity index (χ1) is 9.29. The number of benzene rings is 1. The van der Waals surface area contributed by atoms with E-state index in [9.17, 15) is 18.0 Å². The van der Waals surface area contributed by atoms with Gasteiger partial charge in [0.25, 0.3) is 0 Å². The van der Waals surface area contributed by atoms with Crippen LogP contribution in [0.5, 0.6) is 0 Å². The van der Waals surface area contributed by atoms with Crippen molar-refractivity contribution in [3.8, 4) is 0 Å². The zero-order valence-electron chi connectivity index (χ0n) is 10.2. The lowest BCUT2D eigenvalue weighted by molar-refractivity contribution is -0.138. The Morgan fingerprint density at radius 1 is 1.40 bits per heavy atom. The van der Waals surface area contributed by atoms with Crippen LogP contribution in [0.4, 0.5) is 18.9 Å². The predicted octanol–water partition coefficient (Wildman–Crippen LogP) is 2.38. The molecule has 1 aliphatic heterocycles. The molecule has 2 unspecified atom stereocenters. The van der Waals surface area contributed by atoms with Crippen molar-refractivity contribution in [2.24, 2.45) is 11.7 Å². The minimum absolute atomic E-state index is 0.0737. The molecule has 20 heavy (non-hydrogen) atoms. The molecule has 1 aromatic rings. The van der Waals surface area contributed by atoms with Gasteiger partial charge in [0.15, 0.2) is 0 Å². The van der Waals surface area contributed by atoms with E-state index in [0.717, 1.165) is 6.07 Å². The number of amides is 1. The SMILES string of the molecule is NC1COCC1C(=O)Nc1ccc(Br)c(C(F)(F)F)c1. The average Bonchev–Trinajstić information content (AvgIpc) is 2.76. The maximum absolute atomic E-state index is 12.7. The van der Waals surface area contributed by atoms with Crippen molar-refractivity contribution in [3.05, 3.63) is 28.2 Å². The van der Waals surface area contributed by atoms with Crippen LogP contribution in [0.15, 0.2) is 22.7 Å². The smallest absolute Gasteiger partial charge is 0.379 e. The fraction of sp³-hybridized carbons (Fsp3) is 0.417. The minimum atomic E-state index is -4.49. The number of hydrogen-bond donors (Lipinski definition) is 2. The van der Waals surface area contributed by atoms with Crippen LogP contribution in [-0.2, 0) is 15.7 Å². The second kappa shape index (κ2) is 5.71. The summed E-state index contributed by atoms with van der Waals surface area (Å²) < 4.78 is 43.2. The molecule has 0 aromatic heterocycles. The van der Waals surface area contributed by atoms with E-state index in [1.807, 2.05) is 0 Å². The highest BCUT2D eigenvalue weighted by atomic mass is 79.9. The van der Waals surface area contributed by atoms with Crippen molar-refractivity contribution >= 4 is 27.5 Å². The Morgan fingerprint density at radius 3 is 2.65 bits per heavy atom. The van der Waals surface area contributed by atoms with Gasteiger partial charge in [-0.2, -0.15) is 13.2 Å². The molecule has 1 fully saturated rings. The summed E-state index contributed by atoms with van der Waals surface area (Å²) in [5, 5.41) is 2.43. The molecule has 1 heterocycles. The van der Waals surface area contributed by atoms with E-state index in [-0.39, 0.29) is 23.4 Å². The van der Waals surface area contributed by atoms with Gasteiger partial charge in [-0.3, -0.25) is 4.79 Å². The van der Waals surface area contributed by atoms with Crippen molar-refractivity contribution < 1.29 is 22.7 Å². The maximum atomic E-state index is 12.7. The molecule has 2 atom stereocenters. The highest BCUT2D eigenvalue weighted by Gasteiger charge is 2.34. The number of halogens is 4. The second-order valence-corrected chi connectivity index (χ2v) is 5.34. The fourth-order valence-corrected chi connectivity index (χ4v) is 2.37. The van der Waals surface area contributed by atoms with Gasteiger partial charge in [-0.1, -0.05) is 15.9 Å². The molecule has 1 aromatic carbocycles. The Kier molecular flexibility index (Phi) is 4.36. The molecule has 2 rings (SSSR count). The van der Waals surface area contributed by atoms with E-state index in [1.165, 1.54) is 12.1 Å². The third kappa shape index (κ3) is 3.31. The molecule has 0 aliphatic carbocycles. The highest BCUT2D eigenvalue weighted by Crippen LogP contribution is 2.36. The zero-order valence-corrected chi connectivity index (χ0v) is 11.8. The Hall–Kier alpha value is -1.12. The lowest BCUT2D eigenvalue weighted by Gasteiger charge is -2.15. The van der Waals surface area contributed by atoms with Crippen LogP contribution in [0.25, 0.3) is 0 Å². The summed E-state index contributed by atoms with van der Waals surface area (Å²) in [6.45, 7) is 0.446. The number of anilines is 1. The Morgan fingerprint density at radius 2 is 2.10 bits per heavy atom. The lowest BCUT2D eigenvalue weighted by Crippen LogP contribution is -2.37. The van der Waals surface area contributed by atoms with Gasteiger partial charge in [-0.05, 0) is 18.2 Å². The van der Waals surface area contributed by atoms with Crippen LogP contribution in [0.1, 0.15) is 5.56 Å². The van der Waals surface area contributed by atoms with E-state index in [0.29, 0.717) is 0 Å². The van der Waals surface area contributed by atoms with Crippen LogP contribution in [0.2, 0.25) is 0 Å². The molecule has 0 bridgehead atoms. The van der Waals surface area contributed by atoms with Gasteiger partial charge in [0.2, 0.25) is 5.91 Å². The normalized spacial score (nSPS) is 22.9. The Balaban J connectivity index is 2.16. The molecular weight excluding hydrogens is 341 g/mol. The standard InChI is InChI=1S/C12H12BrF3N2O2/c13-9-2-1-6(3-8(9)12(14,15)16)18-11(19)7-4-20-5-10(7)17/h1-3,7,10H,4-5,17H2,(H,18,19). The number of hydrogen-bond acceptors (Lipinski definition) is 3. The summed E-state index contributed by atoms with van der Waals surface area (Å²) in [5.41, 5.74) is 4.91. The molecule has 0 spiro atoms. The summed E-state index contributed by atoms with van der Waals surface area (Å²) in [7, 11) is 0. The van der Waals surface area contributed by atoms with E-state index < -0.39 is 29.6 Å². The van der Waals surface area contributed by atoms with Crippen LogP contribution in [-0.4, -0.2) is 25.2 Å². The van der Waals surface area contributed by atoms with Crippen molar-refractivity contribution in [1.82, 2.24) is 0 Å². The first-order valence-electron chi connectivity index (χ1n) is 5.80. The van der Waals surface area contributed by atoms with Crippen LogP contribution in [0, 0.1) is 5.92 Å². The second-order valence-electron chi connectivity index (χ2n) is 4.49. The number of nitrogens with one attached hydrogen (secondary N) is 1. The molecule has 1 aliphatic rings. The minimum Gasteiger partial charge on any atom is -0.379 e. The molecule has 0 saturated carbocycles. The number of rotatable bonds is 2. The van der Waals surface area contributed by atoms with E-state index >= 15 is 0 Å². The monoisotopic (exact) mass is 352 g/mol. The lowest BCUT2D eigenvalue weighted by atomic mass is 10.0. The molecule has 3 N–H and O–H groups in total. The number of ether oxygens (including phenoxy) is 1. The van der Waals surface area contributed by atoms with Gasteiger partial charge in [-0.25, -0.2) is 0 Å². The maximum Gasteiger partial charge on any atom is 0.417 e. The third-order valence-electron chi connectivity index (χ3n) is 3.00. The number of nitrogens with two attached hydrogens (primary N) is 1.